The van der Waals surface area contributed by atoms with E-state index >= 15 is 0 Å². The summed E-state index contributed by atoms with van der Waals surface area (Å²) >= 11 is 0. The van der Waals surface area contributed by atoms with Crippen LogP contribution in [0.4, 0.5) is 17.1 Å². The third-order valence-corrected chi connectivity index (χ3v) is 3.15. The molecule has 6 heteroatoms. The number of nitrogen functional groups attached to an aromatic ring is 1. The zero-order chi connectivity index (χ0) is 13.3. The standard InChI is InChI=1S/C12H18N4O2/c1-14(2)6-9-7-15(8-9)11-5-3-4-10(13)12(11)16(17)18/h3-5,9H,6-8,13H2,1-2H3. The van der Waals surface area contributed by atoms with Gasteiger partial charge in [0.1, 0.15) is 11.4 Å². The maximum atomic E-state index is 11.0. The molecule has 1 aliphatic rings. The van der Waals surface area contributed by atoms with E-state index in [-0.39, 0.29) is 11.4 Å². The molecule has 6 nitrogen and oxygen atoms in total. The monoisotopic (exact) mass is 250 g/mol. The Hall–Kier alpha value is -1.82. The summed E-state index contributed by atoms with van der Waals surface area (Å²) in [5, 5.41) is 11.0. The maximum absolute atomic E-state index is 11.0. The molecule has 0 saturated carbocycles. The topological polar surface area (TPSA) is 75.6 Å². The SMILES string of the molecule is CN(C)CC1CN(c2cccc(N)c2[N+](=O)[O-])C1. The average Bonchev–Trinajstić information content (AvgIpc) is 2.21. The van der Waals surface area contributed by atoms with Crippen molar-refractivity contribution < 1.29 is 4.92 Å². The lowest BCUT2D eigenvalue weighted by atomic mass is 9.98. The molecule has 1 saturated heterocycles. The number of hydrogen-bond acceptors (Lipinski definition) is 5. The number of nitrogens with two attached hydrogens (primary N) is 1. The Morgan fingerprint density at radius 3 is 2.72 bits per heavy atom. The van der Waals surface area contributed by atoms with Crippen molar-refractivity contribution in [1.82, 2.24) is 4.90 Å². The van der Waals surface area contributed by atoms with Crippen molar-refractivity contribution in [2.45, 2.75) is 0 Å². The van der Waals surface area contributed by atoms with E-state index in [1.54, 1.807) is 18.2 Å². The lowest BCUT2D eigenvalue weighted by Gasteiger charge is -2.41. The van der Waals surface area contributed by atoms with Gasteiger partial charge < -0.3 is 15.5 Å². The highest BCUT2D eigenvalue weighted by Gasteiger charge is 2.32. The average molecular weight is 250 g/mol. The van der Waals surface area contributed by atoms with Crippen molar-refractivity contribution in [2.75, 3.05) is 44.4 Å². The van der Waals surface area contributed by atoms with E-state index < -0.39 is 4.92 Å². The fourth-order valence-corrected chi connectivity index (χ4v) is 2.40. The number of hydrogen-bond donors (Lipinski definition) is 1. The highest BCUT2D eigenvalue weighted by atomic mass is 16.6. The summed E-state index contributed by atoms with van der Waals surface area (Å²) in [7, 11) is 4.07. The van der Waals surface area contributed by atoms with Crippen LogP contribution in [0.15, 0.2) is 18.2 Å². The number of nitro benzene ring substituents is 1. The first kappa shape index (κ1) is 12.6. The van der Waals surface area contributed by atoms with Crippen LogP contribution in [0, 0.1) is 16.0 Å². The van der Waals surface area contributed by atoms with E-state index in [1.807, 2.05) is 19.0 Å². The van der Waals surface area contributed by atoms with E-state index in [1.165, 1.54) is 0 Å². The second kappa shape index (κ2) is 4.81. The van der Waals surface area contributed by atoms with Gasteiger partial charge in [0.15, 0.2) is 0 Å². The fourth-order valence-electron chi connectivity index (χ4n) is 2.40. The van der Waals surface area contributed by atoms with Crippen LogP contribution in [0.1, 0.15) is 0 Å². The molecular formula is C12H18N4O2. The predicted octanol–water partition coefficient (Wildman–Crippen LogP) is 1.17. The van der Waals surface area contributed by atoms with E-state index in [4.69, 9.17) is 5.73 Å². The summed E-state index contributed by atoms with van der Waals surface area (Å²) in [5.74, 6) is 0.570. The van der Waals surface area contributed by atoms with Gasteiger partial charge in [0, 0.05) is 25.6 Å². The van der Waals surface area contributed by atoms with E-state index in [9.17, 15) is 10.1 Å². The highest BCUT2D eigenvalue weighted by molar-refractivity contribution is 5.76. The smallest absolute Gasteiger partial charge is 0.315 e. The molecule has 2 N–H and O–H groups in total. The summed E-state index contributed by atoms with van der Waals surface area (Å²) in [4.78, 5) is 14.8. The van der Waals surface area contributed by atoms with Crippen LogP contribution in [-0.4, -0.2) is 43.6 Å². The van der Waals surface area contributed by atoms with Crippen LogP contribution in [0.5, 0.6) is 0 Å². The van der Waals surface area contributed by atoms with E-state index in [0.717, 1.165) is 19.6 Å². The molecule has 0 amide bonds. The molecule has 1 heterocycles. The molecule has 0 radical (unpaired) electrons. The van der Waals surface area contributed by atoms with Crippen molar-refractivity contribution in [1.29, 1.82) is 0 Å². The van der Waals surface area contributed by atoms with Crippen LogP contribution in [-0.2, 0) is 0 Å². The van der Waals surface area contributed by atoms with Gasteiger partial charge in [-0.2, -0.15) is 0 Å². The normalized spacial score (nSPS) is 15.8. The Morgan fingerprint density at radius 2 is 2.17 bits per heavy atom. The van der Waals surface area contributed by atoms with E-state index in [0.29, 0.717) is 11.6 Å². The number of para-hydroxylation sites is 1. The van der Waals surface area contributed by atoms with Gasteiger partial charge in [-0.25, -0.2) is 0 Å². The minimum Gasteiger partial charge on any atom is -0.393 e. The zero-order valence-corrected chi connectivity index (χ0v) is 10.7. The van der Waals surface area contributed by atoms with Gasteiger partial charge in [-0.1, -0.05) is 6.07 Å². The van der Waals surface area contributed by atoms with Gasteiger partial charge in [0.25, 0.3) is 0 Å². The van der Waals surface area contributed by atoms with Crippen molar-refractivity contribution in [3.8, 4) is 0 Å². The van der Waals surface area contributed by atoms with Crippen molar-refractivity contribution in [3.63, 3.8) is 0 Å². The molecule has 2 rings (SSSR count). The first-order chi connectivity index (χ1) is 8.49. The Morgan fingerprint density at radius 1 is 1.50 bits per heavy atom. The molecule has 1 fully saturated rings. The van der Waals surface area contributed by atoms with Gasteiger partial charge >= 0.3 is 5.69 Å². The van der Waals surface area contributed by atoms with Crippen LogP contribution in [0.25, 0.3) is 0 Å². The second-order valence-electron chi connectivity index (χ2n) is 5.01. The molecule has 0 atom stereocenters. The van der Waals surface area contributed by atoms with Gasteiger partial charge in [-0.3, -0.25) is 10.1 Å². The van der Waals surface area contributed by atoms with Gasteiger partial charge in [0.2, 0.25) is 0 Å². The number of nitrogens with zero attached hydrogens (tertiary/aromatic N) is 3. The van der Waals surface area contributed by atoms with E-state index in [2.05, 4.69) is 4.90 Å². The fraction of sp³-hybridized carbons (Fsp3) is 0.500. The van der Waals surface area contributed by atoms with Crippen LogP contribution in [0.3, 0.4) is 0 Å². The largest absolute Gasteiger partial charge is 0.393 e. The van der Waals surface area contributed by atoms with Crippen molar-refractivity contribution in [2.24, 2.45) is 5.92 Å². The Bertz CT molecular complexity index is 455. The molecule has 0 aromatic heterocycles. The summed E-state index contributed by atoms with van der Waals surface area (Å²) in [5.41, 5.74) is 6.57. The van der Waals surface area contributed by atoms with Gasteiger partial charge in [0.05, 0.1) is 4.92 Å². The molecule has 0 unspecified atom stereocenters. The Balaban J connectivity index is 2.12. The first-order valence-corrected chi connectivity index (χ1v) is 5.91. The third kappa shape index (κ3) is 2.38. The molecule has 0 aliphatic carbocycles. The van der Waals surface area contributed by atoms with Crippen molar-refractivity contribution >= 4 is 17.1 Å². The first-order valence-electron chi connectivity index (χ1n) is 5.91. The molecule has 1 aromatic rings. The molecule has 98 valence electrons. The Kier molecular flexibility index (Phi) is 3.38. The number of benzene rings is 1. The van der Waals surface area contributed by atoms with Gasteiger partial charge in [-0.05, 0) is 26.2 Å². The maximum Gasteiger partial charge on any atom is 0.315 e. The molecular weight excluding hydrogens is 232 g/mol. The Labute approximate surface area is 106 Å². The number of anilines is 2. The molecule has 18 heavy (non-hydrogen) atoms. The second-order valence-corrected chi connectivity index (χ2v) is 5.01. The molecule has 1 aliphatic heterocycles. The lowest BCUT2D eigenvalue weighted by molar-refractivity contribution is -0.383. The third-order valence-electron chi connectivity index (χ3n) is 3.15. The molecule has 1 aromatic carbocycles. The number of rotatable bonds is 4. The minimum absolute atomic E-state index is 0.0285. The van der Waals surface area contributed by atoms with Crippen LogP contribution >= 0.6 is 0 Å². The van der Waals surface area contributed by atoms with Gasteiger partial charge in [-0.15, -0.1) is 0 Å². The summed E-state index contributed by atoms with van der Waals surface area (Å²) in [6.45, 7) is 2.71. The molecule has 0 spiro atoms. The number of nitro groups is 1. The minimum atomic E-state index is -0.399. The molecule has 0 bridgehead atoms. The quantitative estimate of drug-likeness (QED) is 0.493. The summed E-state index contributed by atoms with van der Waals surface area (Å²) in [6.07, 6.45) is 0. The van der Waals surface area contributed by atoms with Crippen molar-refractivity contribution in [3.05, 3.63) is 28.3 Å². The van der Waals surface area contributed by atoms with Crippen LogP contribution in [0.2, 0.25) is 0 Å². The highest BCUT2D eigenvalue weighted by Crippen LogP contribution is 2.36. The zero-order valence-electron chi connectivity index (χ0n) is 10.7. The summed E-state index contributed by atoms with van der Waals surface area (Å²) < 4.78 is 0. The lowest BCUT2D eigenvalue weighted by Crippen LogP contribution is -2.50. The summed E-state index contributed by atoms with van der Waals surface area (Å²) in [6, 6.07) is 5.09. The van der Waals surface area contributed by atoms with Crippen LogP contribution < -0.4 is 10.6 Å². The predicted molar refractivity (Wildman–Crippen MR) is 71.8 cm³/mol.